The van der Waals surface area contributed by atoms with Crippen LogP contribution in [0.1, 0.15) is 0 Å². The van der Waals surface area contributed by atoms with E-state index in [1.165, 1.54) is 0 Å². The Hall–Kier alpha value is -1.91. The number of nitrogens with one attached hydrogen (secondary N) is 1. The summed E-state index contributed by atoms with van der Waals surface area (Å²) >= 11 is 11.5. The summed E-state index contributed by atoms with van der Waals surface area (Å²) in [6.07, 6.45) is 0. The van der Waals surface area contributed by atoms with E-state index in [-0.39, 0.29) is 12.5 Å². The van der Waals surface area contributed by atoms with Crippen LogP contribution in [0.5, 0.6) is 11.5 Å². The van der Waals surface area contributed by atoms with Crippen molar-refractivity contribution in [1.82, 2.24) is 5.32 Å². The van der Waals surface area contributed by atoms with E-state index in [0.29, 0.717) is 34.7 Å². The van der Waals surface area contributed by atoms with Crippen LogP contribution in [0.4, 0.5) is 0 Å². The standard InChI is InChI=1S/C16H15Cl2NO3/c17-12-1-5-14(6-2-12)21-10-9-19-16(20)11-22-15-7-3-13(18)4-8-15/h1-8H,9-11H2,(H,19,20). The van der Waals surface area contributed by atoms with Crippen LogP contribution in [0.15, 0.2) is 48.5 Å². The average Bonchev–Trinajstić information content (AvgIpc) is 2.53. The second-order valence-electron chi connectivity index (χ2n) is 4.39. The van der Waals surface area contributed by atoms with Crippen molar-refractivity contribution in [3.8, 4) is 11.5 Å². The molecule has 2 rings (SSSR count). The van der Waals surface area contributed by atoms with Gasteiger partial charge in [-0.2, -0.15) is 0 Å². The van der Waals surface area contributed by atoms with Gasteiger partial charge in [-0.15, -0.1) is 0 Å². The molecule has 2 aromatic carbocycles. The van der Waals surface area contributed by atoms with E-state index in [9.17, 15) is 4.79 Å². The maximum atomic E-state index is 11.6. The Balaban J connectivity index is 1.61. The second kappa shape index (κ2) is 8.51. The zero-order valence-electron chi connectivity index (χ0n) is 11.7. The van der Waals surface area contributed by atoms with Crippen molar-refractivity contribution in [2.45, 2.75) is 0 Å². The lowest BCUT2D eigenvalue weighted by atomic mass is 10.3. The zero-order valence-corrected chi connectivity index (χ0v) is 13.2. The number of halogens is 2. The van der Waals surface area contributed by atoms with Crippen molar-refractivity contribution < 1.29 is 14.3 Å². The molecule has 0 aliphatic heterocycles. The summed E-state index contributed by atoms with van der Waals surface area (Å²) in [5.74, 6) is 1.09. The van der Waals surface area contributed by atoms with Crippen LogP contribution in [-0.2, 0) is 4.79 Å². The molecule has 0 fully saturated rings. The van der Waals surface area contributed by atoms with E-state index in [1.54, 1.807) is 48.5 Å². The molecule has 4 nitrogen and oxygen atoms in total. The van der Waals surface area contributed by atoms with Crippen LogP contribution in [0.3, 0.4) is 0 Å². The van der Waals surface area contributed by atoms with Crippen molar-refractivity contribution >= 4 is 29.1 Å². The maximum Gasteiger partial charge on any atom is 0.258 e. The van der Waals surface area contributed by atoms with Crippen LogP contribution in [0.25, 0.3) is 0 Å². The number of benzene rings is 2. The third kappa shape index (κ3) is 5.84. The first kappa shape index (κ1) is 16.5. The minimum absolute atomic E-state index is 0.0530. The molecular weight excluding hydrogens is 325 g/mol. The van der Waals surface area contributed by atoms with Crippen molar-refractivity contribution in [1.29, 1.82) is 0 Å². The number of amides is 1. The number of hydrogen-bond donors (Lipinski definition) is 1. The lowest BCUT2D eigenvalue weighted by molar-refractivity contribution is -0.123. The number of carbonyl (C=O) groups excluding carboxylic acids is 1. The summed E-state index contributed by atoms with van der Waals surface area (Å²) in [7, 11) is 0. The Morgan fingerprint density at radius 1 is 0.864 bits per heavy atom. The van der Waals surface area contributed by atoms with Crippen LogP contribution < -0.4 is 14.8 Å². The quantitative estimate of drug-likeness (QED) is 0.784. The molecule has 0 aromatic heterocycles. The first-order chi connectivity index (χ1) is 10.6. The van der Waals surface area contributed by atoms with Gasteiger partial charge >= 0.3 is 0 Å². The summed E-state index contributed by atoms with van der Waals surface area (Å²) in [6, 6.07) is 13.9. The highest BCUT2D eigenvalue weighted by molar-refractivity contribution is 6.30. The second-order valence-corrected chi connectivity index (χ2v) is 5.27. The van der Waals surface area contributed by atoms with Gasteiger partial charge < -0.3 is 14.8 Å². The summed E-state index contributed by atoms with van der Waals surface area (Å²) < 4.78 is 10.8. The van der Waals surface area contributed by atoms with Crippen LogP contribution in [0.2, 0.25) is 10.0 Å². The lowest BCUT2D eigenvalue weighted by Gasteiger charge is -2.09. The van der Waals surface area contributed by atoms with E-state index in [2.05, 4.69) is 5.32 Å². The Kier molecular flexibility index (Phi) is 6.37. The van der Waals surface area contributed by atoms with Gasteiger partial charge in [0.15, 0.2) is 6.61 Å². The highest BCUT2D eigenvalue weighted by Crippen LogP contribution is 2.16. The summed E-state index contributed by atoms with van der Waals surface area (Å²) in [5.41, 5.74) is 0. The highest BCUT2D eigenvalue weighted by atomic mass is 35.5. The fourth-order valence-corrected chi connectivity index (χ4v) is 1.87. The molecule has 2 aromatic rings. The van der Waals surface area contributed by atoms with Gasteiger partial charge in [-0.05, 0) is 48.5 Å². The first-order valence-electron chi connectivity index (χ1n) is 6.67. The third-order valence-electron chi connectivity index (χ3n) is 2.69. The normalized spacial score (nSPS) is 10.1. The van der Waals surface area contributed by atoms with Crippen molar-refractivity contribution in [2.24, 2.45) is 0 Å². The molecule has 0 aliphatic rings. The first-order valence-corrected chi connectivity index (χ1v) is 7.42. The Morgan fingerprint density at radius 2 is 1.36 bits per heavy atom. The third-order valence-corrected chi connectivity index (χ3v) is 3.19. The van der Waals surface area contributed by atoms with E-state index in [4.69, 9.17) is 32.7 Å². The largest absolute Gasteiger partial charge is 0.492 e. The van der Waals surface area contributed by atoms with Gasteiger partial charge in [-0.3, -0.25) is 4.79 Å². The fraction of sp³-hybridized carbons (Fsp3) is 0.188. The topological polar surface area (TPSA) is 47.6 Å². The van der Waals surface area contributed by atoms with Gasteiger partial charge in [0.25, 0.3) is 5.91 Å². The molecule has 1 N–H and O–H groups in total. The van der Waals surface area contributed by atoms with Crippen LogP contribution in [0, 0.1) is 0 Å². The minimum atomic E-state index is -0.213. The Labute approximate surface area is 138 Å². The van der Waals surface area contributed by atoms with Gasteiger partial charge in [0, 0.05) is 10.0 Å². The van der Waals surface area contributed by atoms with Gasteiger partial charge in [0.2, 0.25) is 0 Å². The van der Waals surface area contributed by atoms with E-state index in [1.807, 2.05) is 0 Å². The summed E-state index contributed by atoms with van der Waals surface area (Å²) in [4.78, 5) is 11.6. The van der Waals surface area contributed by atoms with Crippen LogP contribution in [-0.4, -0.2) is 25.7 Å². The molecule has 0 spiro atoms. The summed E-state index contributed by atoms with van der Waals surface area (Å²) in [5, 5.41) is 3.98. The predicted molar refractivity (Wildman–Crippen MR) is 86.9 cm³/mol. The molecule has 1 amide bonds. The molecular formula is C16H15Cl2NO3. The molecule has 0 unspecified atom stereocenters. The zero-order chi connectivity index (χ0) is 15.8. The molecule has 0 heterocycles. The summed E-state index contributed by atoms with van der Waals surface area (Å²) in [6.45, 7) is 0.711. The van der Waals surface area contributed by atoms with Gasteiger partial charge in [-0.25, -0.2) is 0 Å². The molecule has 0 aliphatic carbocycles. The average molecular weight is 340 g/mol. The molecule has 22 heavy (non-hydrogen) atoms. The highest BCUT2D eigenvalue weighted by Gasteiger charge is 2.02. The molecule has 0 saturated heterocycles. The molecule has 0 bridgehead atoms. The van der Waals surface area contributed by atoms with Crippen molar-refractivity contribution in [2.75, 3.05) is 19.8 Å². The van der Waals surface area contributed by atoms with E-state index in [0.717, 1.165) is 0 Å². The molecule has 0 atom stereocenters. The van der Waals surface area contributed by atoms with Crippen molar-refractivity contribution in [3.05, 3.63) is 58.6 Å². The molecule has 6 heteroatoms. The SMILES string of the molecule is O=C(COc1ccc(Cl)cc1)NCCOc1ccc(Cl)cc1. The minimum Gasteiger partial charge on any atom is -0.492 e. The monoisotopic (exact) mass is 339 g/mol. The number of rotatable bonds is 7. The van der Waals surface area contributed by atoms with Crippen molar-refractivity contribution in [3.63, 3.8) is 0 Å². The van der Waals surface area contributed by atoms with Gasteiger partial charge in [0.05, 0.1) is 6.54 Å². The van der Waals surface area contributed by atoms with Gasteiger partial charge in [-0.1, -0.05) is 23.2 Å². The molecule has 0 saturated carbocycles. The molecule has 116 valence electrons. The Bertz CT molecular complexity index is 600. The Morgan fingerprint density at radius 3 is 1.91 bits per heavy atom. The lowest BCUT2D eigenvalue weighted by Crippen LogP contribution is -2.32. The number of carbonyl (C=O) groups is 1. The molecule has 0 radical (unpaired) electrons. The number of hydrogen-bond acceptors (Lipinski definition) is 3. The van der Waals surface area contributed by atoms with Gasteiger partial charge in [0.1, 0.15) is 18.1 Å². The van der Waals surface area contributed by atoms with Crippen LogP contribution >= 0.6 is 23.2 Å². The fourth-order valence-electron chi connectivity index (χ4n) is 1.62. The predicted octanol–water partition coefficient (Wildman–Crippen LogP) is 3.57. The smallest absolute Gasteiger partial charge is 0.258 e. The number of ether oxygens (including phenoxy) is 2. The van der Waals surface area contributed by atoms with E-state index >= 15 is 0 Å². The maximum absolute atomic E-state index is 11.6. The van der Waals surface area contributed by atoms with E-state index < -0.39 is 0 Å².